The van der Waals surface area contributed by atoms with Crippen LogP contribution in [0.2, 0.25) is 0 Å². The first kappa shape index (κ1) is 21.2. The maximum absolute atomic E-state index is 11.6. The quantitative estimate of drug-likeness (QED) is 0.298. The van der Waals surface area contributed by atoms with Crippen molar-refractivity contribution in [2.75, 3.05) is 11.4 Å². The zero-order valence-corrected chi connectivity index (χ0v) is 16.0. The van der Waals surface area contributed by atoms with E-state index in [0.717, 1.165) is 5.56 Å². The Morgan fingerprint density at radius 2 is 2.00 bits per heavy atom. The molecule has 0 unspecified atom stereocenters. The largest absolute Gasteiger partial charge is 0.343 e. The molecule has 2 aromatic rings. The van der Waals surface area contributed by atoms with E-state index in [1.54, 1.807) is 18.3 Å². The second kappa shape index (κ2) is 9.19. The van der Waals surface area contributed by atoms with Crippen molar-refractivity contribution in [2.45, 2.75) is 13.0 Å². The number of aromatic hydroxyl groups is 2. The van der Waals surface area contributed by atoms with Crippen molar-refractivity contribution in [1.82, 2.24) is 10.3 Å². The van der Waals surface area contributed by atoms with E-state index < -0.39 is 6.04 Å². The number of carbonyl (C=O) groups excluding carboxylic acids is 2. The van der Waals surface area contributed by atoms with Gasteiger partial charge in [0.1, 0.15) is 11.9 Å². The predicted molar refractivity (Wildman–Crippen MR) is 102 cm³/mol. The standard InChI is InChI=1S/C11H12N3O2.C9H7O2.Ni/c1-7-3-4-10(12-5-7)14-6-9(11(14)16)13-8(2)15;1-3-7-5-9(11)8(10)4-6(7)2;/h3-5,9H,1,6H2,2H3,(H,13,15);1-5,10-11H;/q2*-1;/t9-;;/m0../s1. The van der Waals surface area contributed by atoms with Gasteiger partial charge in [-0.1, -0.05) is 12.3 Å². The van der Waals surface area contributed by atoms with Gasteiger partial charge < -0.3 is 10.3 Å². The van der Waals surface area contributed by atoms with Gasteiger partial charge >= 0.3 is 77.7 Å². The van der Waals surface area contributed by atoms with Crippen molar-refractivity contribution in [2.24, 2.45) is 0 Å². The molecule has 8 heteroatoms. The Morgan fingerprint density at radius 1 is 1.36 bits per heavy atom. The van der Waals surface area contributed by atoms with E-state index in [1.807, 2.05) is 0 Å². The van der Waals surface area contributed by atoms with Gasteiger partial charge in [0.15, 0.2) is 0 Å². The van der Waals surface area contributed by atoms with Crippen LogP contribution in [0, 0.1) is 13.5 Å². The third kappa shape index (κ3) is 4.99. The summed E-state index contributed by atoms with van der Waals surface area (Å²) in [6.07, 6.45) is 2.93. The van der Waals surface area contributed by atoms with Gasteiger partial charge in [-0.25, -0.2) is 0 Å². The van der Waals surface area contributed by atoms with Crippen LogP contribution >= 0.6 is 0 Å². The molecule has 0 spiro atoms. The molecule has 2 heterocycles. The van der Waals surface area contributed by atoms with Crippen LogP contribution in [0.25, 0.3) is 6.08 Å². The van der Waals surface area contributed by atoms with Gasteiger partial charge in [-0.05, 0) is 0 Å². The summed E-state index contributed by atoms with van der Waals surface area (Å²) in [5.41, 5.74) is 2.04. The number of rotatable bonds is 4. The van der Waals surface area contributed by atoms with E-state index in [1.165, 1.54) is 35.0 Å². The van der Waals surface area contributed by atoms with Crippen molar-refractivity contribution in [3.8, 4) is 11.5 Å². The first-order chi connectivity index (χ1) is 13.3. The molecule has 0 radical (unpaired) electrons. The Balaban J connectivity index is 0.000000209. The minimum Gasteiger partial charge on any atom is -0.343 e. The third-order valence-electron chi connectivity index (χ3n) is 3.85. The summed E-state index contributed by atoms with van der Waals surface area (Å²) < 4.78 is 0. The molecule has 0 aliphatic carbocycles. The van der Waals surface area contributed by atoms with Crippen LogP contribution in [-0.2, 0) is 24.6 Å². The molecule has 1 aromatic carbocycles. The summed E-state index contributed by atoms with van der Waals surface area (Å²) in [5, 5.41) is 20.7. The van der Waals surface area contributed by atoms with Crippen molar-refractivity contribution in [3.05, 3.63) is 60.7 Å². The Morgan fingerprint density at radius 3 is 2.46 bits per heavy atom. The Kier molecular flexibility index (Phi) is 6.96. The number of phenols is 2. The van der Waals surface area contributed by atoms with E-state index >= 15 is 0 Å². The van der Waals surface area contributed by atoms with E-state index in [-0.39, 0.29) is 23.3 Å². The number of nitrogens with one attached hydrogen (secondary N) is 1. The third-order valence-corrected chi connectivity index (χ3v) is 4.16. The number of hydrogen-bond acceptors (Lipinski definition) is 5. The molecule has 0 saturated carbocycles. The summed E-state index contributed by atoms with van der Waals surface area (Å²) in [5.74, 6) is -0.112. The van der Waals surface area contributed by atoms with Crippen molar-refractivity contribution >= 4 is 28.7 Å². The first-order valence-electron chi connectivity index (χ1n) is 8.14. The maximum atomic E-state index is 11.6. The number of hydrogen-bond donors (Lipinski definition) is 3. The van der Waals surface area contributed by atoms with Crippen molar-refractivity contribution < 1.29 is 34.8 Å². The summed E-state index contributed by atoms with van der Waals surface area (Å²) >= 11 is 4.40. The van der Waals surface area contributed by atoms with Gasteiger partial charge in [0.05, 0.1) is 6.54 Å². The Hall–Kier alpha value is -3.12. The van der Waals surface area contributed by atoms with E-state index in [9.17, 15) is 9.59 Å². The fraction of sp³-hybridized carbons (Fsp3) is 0.150. The number of carbonyl (C=O) groups is 2. The number of pyridine rings is 1. The van der Waals surface area contributed by atoms with Crippen LogP contribution in [0.4, 0.5) is 5.82 Å². The fourth-order valence-corrected chi connectivity index (χ4v) is 2.64. The summed E-state index contributed by atoms with van der Waals surface area (Å²) in [4.78, 5) is 29.5. The molecular weight excluding hydrogens is 405 g/mol. The second-order valence-corrected chi connectivity index (χ2v) is 6.24. The van der Waals surface area contributed by atoms with Crippen LogP contribution in [0.5, 0.6) is 11.5 Å². The molecule has 7 nitrogen and oxygen atoms in total. The van der Waals surface area contributed by atoms with Crippen LogP contribution in [-0.4, -0.2) is 44.6 Å². The number of β-lactam (4-membered cyclic amide) rings is 1. The zero-order chi connectivity index (χ0) is 20.8. The summed E-state index contributed by atoms with van der Waals surface area (Å²) in [6.45, 7) is 10.8. The van der Waals surface area contributed by atoms with Crippen molar-refractivity contribution in [1.29, 1.82) is 0 Å². The average Bonchev–Trinajstić information content (AvgIpc) is 2.67. The second-order valence-electron chi connectivity index (χ2n) is 5.95. The van der Waals surface area contributed by atoms with Gasteiger partial charge in [0.25, 0.3) is 5.91 Å². The molecule has 3 N–H and O–H groups in total. The van der Waals surface area contributed by atoms with Gasteiger partial charge in [-0.15, -0.1) is 0 Å². The Labute approximate surface area is 170 Å². The number of benzene rings is 1. The van der Waals surface area contributed by atoms with Gasteiger partial charge in [-0.3, -0.25) is 14.5 Å². The average molecular weight is 424 g/mol. The molecule has 1 aromatic heterocycles. The topological polar surface area (TPSA) is 103 Å². The zero-order valence-electron chi connectivity index (χ0n) is 15.0. The molecule has 1 aliphatic heterocycles. The monoisotopic (exact) mass is 423 g/mol. The van der Waals surface area contributed by atoms with Crippen LogP contribution in [0.15, 0.2) is 30.5 Å². The number of amides is 2. The first-order valence-corrected chi connectivity index (χ1v) is 8.71. The molecule has 1 fully saturated rings. The van der Waals surface area contributed by atoms with Gasteiger partial charge in [0, 0.05) is 6.92 Å². The normalized spacial score (nSPS) is 15.0. The molecule has 3 rings (SSSR count). The molecule has 2 amide bonds. The van der Waals surface area contributed by atoms with E-state index in [0.29, 0.717) is 23.5 Å². The van der Waals surface area contributed by atoms with E-state index in [2.05, 4.69) is 32.3 Å². The maximum Gasteiger partial charge on any atom is 0.252 e. The van der Waals surface area contributed by atoms with Gasteiger partial charge in [-0.2, -0.15) is 18.6 Å². The van der Waals surface area contributed by atoms with E-state index in [4.69, 9.17) is 16.8 Å². The number of aromatic nitrogens is 1. The molecule has 0 bridgehead atoms. The van der Waals surface area contributed by atoms with Crippen LogP contribution in [0.1, 0.15) is 23.6 Å². The molecular formula is C20H19N3NiO4-2. The molecule has 1 saturated heterocycles. The molecule has 1 aliphatic rings. The summed E-state index contributed by atoms with van der Waals surface area (Å²) in [7, 11) is 0. The summed E-state index contributed by atoms with van der Waals surface area (Å²) in [6, 6.07) is 5.86. The minimum atomic E-state index is -0.404. The molecule has 1 atom stereocenters. The Bertz CT molecular complexity index is 879. The van der Waals surface area contributed by atoms with Gasteiger partial charge in [0.2, 0.25) is 5.91 Å². The fourth-order valence-electron chi connectivity index (χ4n) is 2.39. The predicted octanol–water partition coefficient (Wildman–Crippen LogP) is 1.36. The molecule has 150 valence electrons. The number of nitrogens with zero attached hydrogens (tertiary/aromatic N) is 2. The minimum absolute atomic E-state index is 0.125. The van der Waals surface area contributed by atoms with Crippen LogP contribution < -0.4 is 10.2 Å². The number of anilines is 1. The SMILES string of the molecule is [CH-]=Cc1cc(O)c(O)cc1[CH]=[Ni].[CH2-]c1ccc(N2C[C@H](NC(C)=O)C2=O)nc1. The van der Waals surface area contributed by atoms with Crippen molar-refractivity contribution in [3.63, 3.8) is 0 Å². The van der Waals surface area contributed by atoms with Crippen LogP contribution in [0.3, 0.4) is 0 Å². The smallest absolute Gasteiger partial charge is 0.252 e. The molecule has 28 heavy (non-hydrogen) atoms. The number of phenolic OH excluding ortho intramolecular Hbond substituents is 2.